The molecular formula is C12H18N4OS. The van der Waals surface area contributed by atoms with Gasteiger partial charge in [0.05, 0.1) is 5.25 Å². The Hall–Kier alpha value is -0.910. The molecule has 3 unspecified atom stereocenters. The van der Waals surface area contributed by atoms with Gasteiger partial charge in [0, 0.05) is 13.0 Å². The van der Waals surface area contributed by atoms with E-state index < -0.39 is 0 Å². The first-order valence-corrected chi connectivity index (χ1v) is 7.18. The molecule has 1 aromatic rings. The van der Waals surface area contributed by atoms with Gasteiger partial charge in [-0.05, 0) is 34.1 Å². The minimum Gasteiger partial charge on any atom is -0.298 e. The predicted molar refractivity (Wildman–Crippen MR) is 68.1 cm³/mol. The highest BCUT2D eigenvalue weighted by atomic mass is 32.2. The maximum absolute atomic E-state index is 12.5. The van der Waals surface area contributed by atoms with Gasteiger partial charge in [0.1, 0.15) is 5.78 Å². The summed E-state index contributed by atoms with van der Waals surface area (Å²) in [4.78, 5) is 12.5. The smallest absolute Gasteiger partial charge is 0.209 e. The summed E-state index contributed by atoms with van der Waals surface area (Å²) in [7, 11) is 1.81. The number of hydrogen-bond acceptors (Lipinski definition) is 5. The van der Waals surface area contributed by atoms with Crippen LogP contribution < -0.4 is 0 Å². The van der Waals surface area contributed by atoms with Crippen molar-refractivity contribution in [1.82, 2.24) is 20.2 Å². The molecule has 2 saturated carbocycles. The van der Waals surface area contributed by atoms with E-state index in [1.807, 2.05) is 7.05 Å². The molecule has 2 aliphatic rings. The van der Waals surface area contributed by atoms with Crippen molar-refractivity contribution in [3.63, 3.8) is 0 Å². The summed E-state index contributed by atoms with van der Waals surface area (Å²) in [5, 5.41) is 12.2. The maximum Gasteiger partial charge on any atom is 0.209 e. The number of aryl methyl sites for hydroxylation is 1. The quantitative estimate of drug-likeness (QED) is 0.815. The molecule has 0 amide bonds. The fourth-order valence-electron chi connectivity index (χ4n) is 3.60. The third kappa shape index (κ3) is 1.30. The first-order valence-electron chi connectivity index (χ1n) is 6.30. The molecule has 0 radical (unpaired) electrons. The minimum absolute atomic E-state index is 0.00375. The zero-order chi connectivity index (χ0) is 13.1. The highest BCUT2D eigenvalue weighted by Gasteiger charge is 2.66. The van der Waals surface area contributed by atoms with E-state index in [9.17, 15) is 4.79 Å². The summed E-state index contributed by atoms with van der Waals surface area (Å²) in [6, 6.07) is 0. The van der Waals surface area contributed by atoms with Gasteiger partial charge in [-0.25, -0.2) is 4.68 Å². The van der Waals surface area contributed by atoms with Gasteiger partial charge in [0.25, 0.3) is 0 Å². The second kappa shape index (κ2) is 3.56. The minimum atomic E-state index is -0.00375. The highest BCUT2D eigenvalue weighted by Crippen LogP contribution is 2.67. The zero-order valence-corrected chi connectivity index (χ0v) is 12.0. The monoisotopic (exact) mass is 266 g/mol. The van der Waals surface area contributed by atoms with Crippen LogP contribution in [-0.2, 0) is 11.8 Å². The average Bonchev–Trinajstić information content (AvgIpc) is 2.82. The van der Waals surface area contributed by atoms with Crippen LogP contribution in [0.25, 0.3) is 0 Å². The summed E-state index contributed by atoms with van der Waals surface area (Å²) < 4.78 is 1.64. The van der Waals surface area contributed by atoms with Crippen LogP contribution in [-0.4, -0.2) is 31.2 Å². The van der Waals surface area contributed by atoms with Gasteiger partial charge in [-0.3, -0.25) is 4.79 Å². The molecule has 2 fully saturated rings. The molecule has 0 saturated heterocycles. The van der Waals surface area contributed by atoms with Crippen molar-refractivity contribution in [2.75, 3.05) is 0 Å². The molecule has 6 heteroatoms. The fourth-order valence-corrected chi connectivity index (χ4v) is 5.05. The second-order valence-corrected chi connectivity index (χ2v) is 7.29. The number of carbonyl (C=O) groups is 1. The normalized spacial score (nSPS) is 37.4. The lowest BCUT2D eigenvalue weighted by atomic mass is 9.71. The summed E-state index contributed by atoms with van der Waals surface area (Å²) >= 11 is 1.53. The third-order valence-corrected chi connectivity index (χ3v) is 6.83. The number of carbonyl (C=O) groups excluding carboxylic acids is 1. The molecule has 2 bridgehead atoms. The van der Waals surface area contributed by atoms with Crippen molar-refractivity contribution >= 4 is 17.5 Å². The van der Waals surface area contributed by atoms with E-state index in [2.05, 4.69) is 36.3 Å². The highest BCUT2D eigenvalue weighted by molar-refractivity contribution is 8.00. The first-order chi connectivity index (χ1) is 8.38. The molecule has 0 aliphatic heterocycles. The van der Waals surface area contributed by atoms with Gasteiger partial charge in [0.15, 0.2) is 0 Å². The molecule has 1 heterocycles. The van der Waals surface area contributed by atoms with Crippen LogP contribution in [0.1, 0.15) is 33.6 Å². The molecule has 0 spiro atoms. The number of thioether (sulfide) groups is 1. The number of ketones is 1. The maximum atomic E-state index is 12.5. The second-order valence-electron chi connectivity index (χ2n) is 6.22. The SMILES string of the molecule is Cn1nnnc1SC1C(=O)C2CCC1(C)C2(C)C. The van der Waals surface area contributed by atoms with Crippen molar-refractivity contribution in [3.05, 3.63) is 0 Å². The van der Waals surface area contributed by atoms with Gasteiger partial charge >= 0.3 is 0 Å². The number of nitrogens with zero attached hydrogens (tertiary/aromatic N) is 4. The fraction of sp³-hybridized carbons (Fsp3) is 0.833. The topological polar surface area (TPSA) is 60.7 Å². The lowest BCUT2D eigenvalue weighted by molar-refractivity contribution is -0.122. The van der Waals surface area contributed by atoms with Crippen molar-refractivity contribution in [3.8, 4) is 0 Å². The summed E-state index contributed by atoms with van der Waals surface area (Å²) in [6.07, 6.45) is 2.16. The Morgan fingerprint density at radius 3 is 2.61 bits per heavy atom. The predicted octanol–water partition coefficient (Wildman–Crippen LogP) is 1.70. The Kier molecular flexibility index (Phi) is 2.40. The van der Waals surface area contributed by atoms with Crippen LogP contribution in [0.3, 0.4) is 0 Å². The first kappa shape index (κ1) is 12.1. The Bertz CT molecular complexity index is 512. The summed E-state index contributed by atoms with van der Waals surface area (Å²) in [5.74, 6) is 0.600. The van der Waals surface area contributed by atoms with Crippen LogP contribution in [0.4, 0.5) is 0 Å². The van der Waals surface area contributed by atoms with Crippen LogP contribution in [0.5, 0.6) is 0 Å². The van der Waals surface area contributed by atoms with E-state index in [0.717, 1.165) is 18.0 Å². The molecule has 5 nitrogen and oxygen atoms in total. The largest absolute Gasteiger partial charge is 0.298 e. The molecule has 98 valence electrons. The van der Waals surface area contributed by atoms with Gasteiger partial charge in [0.2, 0.25) is 5.16 Å². The van der Waals surface area contributed by atoms with Gasteiger partial charge < -0.3 is 0 Å². The third-order valence-electron chi connectivity index (χ3n) is 5.28. The van der Waals surface area contributed by atoms with Crippen molar-refractivity contribution < 1.29 is 4.79 Å². The molecule has 0 aromatic carbocycles. The van der Waals surface area contributed by atoms with Crippen LogP contribution in [0.15, 0.2) is 5.16 Å². The van der Waals surface area contributed by atoms with E-state index >= 15 is 0 Å². The van der Waals surface area contributed by atoms with Crippen molar-refractivity contribution in [2.24, 2.45) is 23.8 Å². The van der Waals surface area contributed by atoms with Gasteiger partial charge in [-0.15, -0.1) is 5.10 Å². The van der Waals surface area contributed by atoms with E-state index in [-0.39, 0.29) is 22.0 Å². The number of tetrazole rings is 1. The molecule has 18 heavy (non-hydrogen) atoms. The Labute approximate surface area is 111 Å². The lowest BCUT2D eigenvalue weighted by Gasteiger charge is -2.37. The molecular weight excluding hydrogens is 248 g/mol. The van der Waals surface area contributed by atoms with Crippen LogP contribution in [0, 0.1) is 16.7 Å². The van der Waals surface area contributed by atoms with Gasteiger partial charge in [-0.1, -0.05) is 32.5 Å². The van der Waals surface area contributed by atoms with Crippen LogP contribution in [0.2, 0.25) is 0 Å². The van der Waals surface area contributed by atoms with Crippen molar-refractivity contribution in [1.29, 1.82) is 0 Å². The number of fused-ring (bicyclic) bond motifs is 2. The Balaban J connectivity index is 1.95. The number of hydrogen-bond donors (Lipinski definition) is 0. The van der Waals surface area contributed by atoms with Gasteiger partial charge in [-0.2, -0.15) is 0 Å². The average molecular weight is 266 g/mol. The van der Waals surface area contributed by atoms with E-state index in [0.29, 0.717) is 5.78 Å². The summed E-state index contributed by atoms with van der Waals surface area (Å²) in [6.45, 7) is 6.72. The molecule has 0 N–H and O–H groups in total. The standard InChI is InChI=1S/C12H18N4OS/c1-11(2)7-5-6-12(11,3)9(8(7)17)18-10-13-14-15-16(10)4/h7,9H,5-6H2,1-4H3. The Morgan fingerprint density at radius 2 is 2.11 bits per heavy atom. The van der Waals surface area contributed by atoms with Crippen LogP contribution >= 0.6 is 11.8 Å². The molecule has 3 rings (SSSR count). The van der Waals surface area contributed by atoms with E-state index in [4.69, 9.17) is 0 Å². The van der Waals surface area contributed by atoms with Crippen molar-refractivity contribution in [2.45, 2.75) is 44.0 Å². The number of Topliss-reactive ketones (excluding diaryl/α,β-unsaturated/α-hetero) is 1. The molecule has 3 atom stereocenters. The lowest BCUT2D eigenvalue weighted by Crippen LogP contribution is -2.35. The zero-order valence-electron chi connectivity index (χ0n) is 11.2. The molecule has 1 aromatic heterocycles. The number of aromatic nitrogens is 4. The number of rotatable bonds is 2. The Morgan fingerprint density at radius 1 is 1.39 bits per heavy atom. The van der Waals surface area contributed by atoms with E-state index in [1.54, 1.807) is 4.68 Å². The summed E-state index contributed by atoms with van der Waals surface area (Å²) in [5.41, 5.74) is 0.152. The molecule has 2 aliphatic carbocycles. The van der Waals surface area contributed by atoms with E-state index in [1.165, 1.54) is 11.8 Å².